The Labute approximate surface area is 187 Å². The van der Waals surface area contributed by atoms with Gasteiger partial charge in [-0.25, -0.2) is 9.78 Å². The average Bonchev–Trinajstić information content (AvgIpc) is 2.78. The zero-order chi connectivity index (χ0) is 21.8. The van der Waals surface area contributed by atoms with E-state index >= 15 is 0 Å². The van der Waals surface area contributed by atoms with Crippen LogP contribution in [0.5, 0.6) is 0 Å². The Balaban J connectivity index is 1.41. The molecule has 1 aromatic heterocycles. The number of anilines is 3. The summed E-state index contributed by atoms with van der Waals surface area (Å²) < 4.78 is 10.9. The average molecular weight is 446 g/mol. The number of nitrogens with one attached hydrogen (secondary N) is 1. The van der Waals surface area contributed by atoms with Crippen molar-refractivity contribution < 1.29 is 14.3 Å². The molecule has 31 heavy (non-hydrogen) atoms. The molecule has 2 aliphatic rings. The van der Waals surface area contributed by atoms with E-state index < -0.39 is 0 Å². The first-order chi connectivity index (χ1) is 15.1. The van der Waals surface area contributed by atoms with Gasteiger partial charge < -0.3 is 14.8 Å². The van der Waals surface area contributed by atoms with Gasteiger partial charge in [0.1, 0.15) is 5.82 Å². The van der Waals surface area contributed by atoms with E-state index in [0.717, 1.165) is 31.2 Å². The van der Waals surface area contributed by atoms with Crippen LogP contribution in [-0.4, -0.2) is 55.5 Å². The van der Waals surface area contributed by atoms with Gasteiger partial charge in [0.05, 0.1) is 36.6 Å². The van der Waals surface area contributed by atoms with Gasteiger partial charge in [0, 0.05) is 32.0 Å². The van der Waals surface area contributed by atoms with Crippen LogP contribution in [-0.2, 0) is 16.0 Å². The third-order valence-electron chi connectivity index (χ3n) is 5.80. The Bertz CT molecular complexity index is 920. The van der Waals surface area contributed by atoms with Crippen molar-refractivity contribution in [3.63, 3.8) is 0 Å². The first kappa shape index (κ1) is 21.8. The number of fused-ring (bicyclic) bond motifs is 1. The topological polar surface area (TPSA) is 79.8 Å². The predicted molar refractivity (Wildman–Crippen MR) is 121 cm³/mol. The monoisotopic (exact) mass is 445 g/mol. The summed E-state index contributed by atoms with van der Waals surface area (Å²) in [5.41, 5.74) is 1.56. The third kappa shape index (κ3) is 4.92. The number of benzene rings is 1. The molecule has 1 aliphatic carbocycles. The van der Waals surface area contributed by atoms with Gasteiger partial charge in [-0.15, -0.1) is 0 Å². The molecule has 0 radical (unpaired) electrons. The van der Waals surface area contributed by atoms with Gasteiger partial charge >= 0.3 is 6.03 Å². The van der Waals surface area contributed by atoms with Crippen molar-refractivity contribution in [3.8, 4) is 0 Å². The summed E-state index contributed by atoms with van der Waals surface area (Å²) in [5, 5.41) is 3.97. The molecule has 0 unspecified atom stereocenters. The molecule has 1 fully saturated rings. The lowest BCUT2D eigenvalue weighted by atomic mass is 9.93. The molecular weight excluding hydrogens is 418 g/mol. The van der Waals surface area contributed by atoms with Crippen LogP contribution >= 0.6 is 11.6 Å². The molecular formula is C22H28ClN5O3. The SMILES string of the molecule is COCCO[C@H]1CC[C@H](Nc2ncc3c(n2)N(C)C(=O)N(c2ccccc2Cl)C3)CC1. The second kappa shape index (κ2) is 9.80. The fraction of sp³-hybridized carbons (Fsp3) is 0.500. The molecule has 2 amide bonds. The van der Waals surface area contributed by atoms with E-state index in [1.807, 2.05) is 18.2 Å². The number of aromatic nitrogens is 2. The number of hydrogen-bond donors (Lipinski definition) is 1. The number of rotatable bonds is 7. The summed E-state index contributed by atoms with van der Waals surface area (Å²) in [6.07, 6.45) is 6.06. The van der Waals surface area contributed by atoms with Gasteiger partial charge in [0.2, 0.25) is 5.95 Å². The summed E-state index contributed by atoms with van der Waals surface area (Å²) >= 11 is 6.31. The molecule has 166 valence electrons. The van der Waals surface area contributed by atoms with E-state index in [2.05, 4.69) is 15.3 Å². The van der Waals surface area contributed by atoms with E-state index in [9.17, 15) is 4.79 Å². The maximum Gasteiger partial charge on any atom is 0.330 e. The molecule has 0 bridgehead atoms. The normalized spacial score (nSPS) is 21.2. The number of carbonyl (C=O) groups excluding carboxylic acids is 1. The quantitative estimate of drug-likeness (QED) is 0.646. The van der Waals surface area contributed by atoms with Crippen LogP contribution in [0.25, 0.3) is 0 Å². The number of methoxy groups -OCH3 is 1. The standard InChI is InChI=1S/C22H28ClN5O3/c1-27-20-15(14-28(22(27)29)19-6-4-3-5-18(19)23)13-24-21(26-20)25-16-7-9-17(10-8-16)31-12-11-30-2/h3-6,13,16-17H,7-12,14H2,1-2H3,(H,24,25,26)/t16-,17-. The predicted octanol–water partition coefficient (Wildman–Crippen LogP) is 4.09. The van der Waals surface area contributed by atoms with Gasteiger partial charge in [-0.05, 0) is 37.8 Å². The van der Waals surface area contributed by atoms with E-state index in [0.29, 0.717) is 48.3 Å². The van der Waals surface area contributed by atoms with E-state index in [4.69, 9.17) is 21.1 Å². The van der Waals surface area contributed by atoms with Crippen LogP contribution in [0.1, 0.15) is 31.2 Å². The fourth-order valence-corrected chi connectivity index (χ4v) is 4.33. The lowest BCUT2D eigenvalue weighted by molar-refractivity contribution is -0.00157. The maximum atomic E-state index is 13.0. The summed E-state index contributed by atoms with van der Waals surface area (Å²) in [5.74, 6) is 1.18. The highest BCUT2D eigenvalue weighted by atomic mass is 35.5. The zero-order valence-corrected chi connectivity index (χ0v) is 18.6. The minimum atomic E-state index is -0.168. The molecule has 2 heterocycles. The highest BCUT2D eigenvalue weighted by Crippen LogP contribution is 2.33. The smallest absolute Gasteiger partial charge is 0.330 e. The van der Waals surface area contributed by atoms with Crippen LogP contribution in [0.15, 0.2) is 30.5 Å². The first-order valence-corrected chi connectivity index (χ1v) is 11.0. The Hall–Kier alpha value is -2.42. The second-order valence-electron chi connectivity index (χ2n) is 7.90. The summed E-state index contributed by atoms with van der Waals surface area (Å²) in [4.78, 5) is 25.3. The molecule has 0 saturated heterocycles. The molecule has 1 saturated carbocycles. The van der Waals surface area contributed by atoms with Crippen molar-refractivity contribution in [1.29, 1.82) is 0 Å². The number of amides is 2. The molecule has 0 spiro atoms. The van der Waals surface area contributed by atoms with Gasteiger partial charge in [-0.2, -0.15) is 4.98 Å². The highest BCUT2D eigenvalue weighted by molar-refractivity contribution is 6.34. The van der Waals surface area contributed by atoms with Crippen LogP contribution < -0.4 is 15.1 Å². The minimum Gasteiger partial charge on any atom is -0.382 e. The number of nitrogens with zero attached hydrogens (tertiary/aromatic N) is 4. The van der Waals surface area contributed by atoms with E-state index in [-0.39, 0.29) is 12.1 Å². The van der Waals surface area contributed by atoms with Crippen molar-refractivity contribution >= 4 is 35.1 Å². The Morgan fingerprint density at radius 1 is 1.19 bits per heavy atom. The largest absolute Gasteiger partial charge is 0.382 e. The second-order valence-corrected chi connectivity index (χ2v) is 8.31. The van der Waals surface area contributed by atoms with Crippen molar-refractivity contribution in [2.24, 2.45) is 0 Å². The number of para-hydroxylation sites is 1. The van der Waals surface area contributed by atoms with Crippen LogP contribution in [0.2, 0.25) is 5.02 Å². The molecule has 2 aromatic rings. The third-order valence-corrected chi connectivity index (χ3v) is 6.12. The molecule has 9 heteroatoms. The van der Waals surface area contributed by atoms with Gasteiger partial charge in [0.15, 0.2) is 0 Å². The number of urea groups is 1. The lowest BCUT2D eigenvalue weighted by Crippen LogP contribution is -2.46. The lowest BCUT2D eigenvalue weighted by Gasteiger charge is -2.34. The van der Waals surface area contributed by atoms with Crippen molar-refractivity contribution in [1.82, 2.24) is 9.97 Å². The fourth-order valence-electron chi connectivity index (χ4n) is 4.09. The Kier molecular flexibility index (Phi) is 6.89. The van der Waals surface area contributed by atoms with Crippen LogP contribution in [0, 0.1) is 0 Å². The van der Waals surface area contributed by atoms with Gasteiger partial charge in [-0.1, -0.05) is 23.7 Å². The molecule has 1 N–H and O–H groups in total. The van der Waals surface area contributed by atoms with Gasteiger partial charge in [-0.3, -0.25) is 9.80 Å². The van der Waals surface area contributed by atoms with E-state index in [1.165, 1.54) is 0 Å². The Morgan fingerprint density at radius 3 is 2.71 bits per heavy atom. The van der Waals surface area contributed by atoms with Crippen molar-refractivity contribution in [2.45, 2.75) is 44.4 Å². The minimum absolute atomic E-state index is 0.168. The molecule has 8 nitrogen and oxygen atoms in total. The van der Waals surface area contributed by atoms with Gasteiger partial charge in [0.25, 0.3) is 0 Å². The molecule has 4 rings (SSSR count). The summed E-state index contributed by atoms with van der Waals surface area (Å²) in [7, 11) is 3.41. The van der Waals surface area contributed by atoms with Crippen LogP contribution in [0.4, 0.5) is 22.2 Å². The van der Waals surface area contributed by atoms with Crippen LogP contribution in [0.3, 0.4) is 0 Å². The molecule has 1 aliphatic heterocycles. The maximum absolute atomic E-state index is 13.0. The summed E-state index contributed by atoms with van der Waals surface area (Å²) in [6.45, 7) is 1.65. The Morgan fingerprint density at radius 2 is 1.97 bits per heavy atom. The highest BCUT2D eigenvalue weighted by Gasteiger charge is 2.32. The van der Waals surface area contributed by atoms with Crippen molar-refractivity contribution in [3.05, 3.63) is 41.0 Å². The number of ether oxygens (including phenoxy) is 2. The molecule has 1 aromatic carbocycles. The molecule has 0 atom stereocenters. The number of halogens is 1. The number of carbonyl (C=O) groups is 1. The zero-order valence-electron chi connectivity index (χ0n) is 17.9. The first-order valence-electron chi connectivity index (χ1n) is 10.6. The van der Waals surface area contributed by atoms with E-state index in [1.54, 1.807) is 36.2 Å². The number of hydrogen-bond acceptors (Lipinski definition) is 6. The van der Waals surface area contributed by atoms with Crippen molar-refractivity contribution in [2.75, 3.05) is 42.5 Å². The summed E-state index contributed by atoms with van der Waals surface area (Å²) in [6, 6.07) is 7.46.